The minimum atomic E-state index is -4.64. The Morgan fingerprint density at radius 3 is 2.69 bits per heavy atom. The second-order valence-corrected chi connectivity index (χ2v) is 4.39. The zero-order valence-electron chi connectivity index (χ0n) is 6.88. The van der Waals surface area contributed by atoms with E-state index in [1.165, 1.54) is 0 Å². The van der Waals surface area contributed by atoms with Gasteiger partial charge in [0.1, 0.15) is 0 Å². The summed E-state index contributed by atoms with van der Waals surface area (Å²) in [5.74, 6) is 0. The second kappa shape index (κ2) is 2.80. The van der Waals surface area contributed by atoms with Gasteiger partial charge in [0.2, 0.25) is 5.03 Å². The van der Waals surface area contributed by atoms with E-state index >= 15 is 0 Å². The van der Waals surface area contributed by atoms with Crippen molar-refractivity contribution < 1.29 is 12.3 Å². The highest BCUT2D eigenvalue weighted by Crippen LogP contribution is 2.25. The molecule has 0 radical (unpaired) electrons. The molecule has 1 aliphatic carbocycles. The van der Waals surface area contributed by atoms with Crippen molar-refractivity contribution in [2.45, 2.75) is 30.7 Å². The van der Waals surface area contributed by atoms with Crippen LogP contribution in [0, 0.1) is 0 Å². The lowest BCUT2D eigenvalue weighted by atomic mass is 9.99. The molecule has 1 aliphatic rings. The summed E-state index contributed by atoms with van der Waals surface area (Å²) in [7, 11) is -4.64. The molecule has 0 aliphatic heterocycles. The Labute approximate surface area is 75.4 Å². The number of rotatable bonds is 1. The molecule has 1 N–H and O–H groups in total. The molecule has 0 amide bonds. The first kappa shape index (κ1) is 8.68. The van der Waals surface area contributed by atoms with Crippen LogP contribution in [-0.2, 0) is 23.1 Å². The standard InChI is InChI=1S/C7H9FN2O2S/c8-13(11,12)7-5-3-1-2-4-6(5)9-10-7/h1-4H2,(H,9,10). The predicted molar refractivity (Wildman–Crippen MR) is 43.5 cm³/mol. The molecule has 13 heavy (non-hydrogen) atoms. The maximum atomic E-state index is 12.6. The lowest BCUT2D eigenvalue weighted by molar-refractivity contribution is 0.545. The van der Waals surface area contributed by atoms with Crippen LogP contribution in [0.25, 0.3) is 0 Å². The molecule has 0 atom stereocenters. The summed E-state index contributed by atoms with van der Waals surface area (Å²) >= 11 is 0. The summed E-state index contributed by atoms with van der Waals surface area (Å²) in [6.45, 7) is 0. The van der Waals surface area contributed by atoms with E-state index in [-0.39, 0.29) is 0 Å². The predicted octanol–water partition coefficient (Wildman–Crippen LogP) is 0.947. The fraction of sp³-hybridized carbons (Fsp3) is 0.571. The molecule has 0 spiro atoms. The monoisotopic (exact) mass is 204 g/mol. The van der Waals surface area contributed by atoms with Crippen LogP contribution < -0.4 is 0 Å². The largest absolute Gasteiger partial charge is 0.351 e. The van der Waals surface area contributed by atoms with Gasteiger partial charge in [-0.3, -0.25) is 5.10 Å². The van der Waals surface area contributed by atoms with Gasteiger partial charge < -0.3 is 0 Å². The Bertz CT molecular complexity index is 424. The van der Waals surface area contributed by atoms with Gasteiger partial charge in [-0.1, -0.05) is 3.89 Å². The highest BCUT2D eigenvalue weighted by molar-refractivity contribution is 7.86. The topological polar surface area (TPSA) is 62.8 Å². The van der Waals surface area contributed by atoms with Gasteiger partial charge in [-0.25, -0.2) is 0 Å². The molecule has 0 saturated heterocycles. The number of nitrogens with one attached hydrogen (secondary N) is 1. The number of halogens is 1. The third-order valence-corrected chi connectivity index (χ3v) is 3.05. The first-order chi connectivity index (χ1) is 6.09. The highest BCUT2D eigenvalue weighted by Gasteiger charge is 2.25. The smallest absolute Gasteiger partial charge is 0.281 e. The SMILES string of the molecule is O=S(=O)(F)c1n[nH]c2c1CCCC2. The van der Waals surface area contributed by atoms with Crippen molar-refractivity contribution in [2.75, 3.05) is 0 Å². The number of hydrogen-bond acceptors (Lipinski definition) is 3. The van der Waals surface area contributed by atoms with E-state index in [2.05, 4.69) is 10.2 Å². The minimum Gasteiger partial charge on any atom is -0.281 e. The first-order valence-electron chi connectivity index (χ1n) is 4.10. The molecule has 1 aromatic rings. The molecule has 0 fully saturated rings. The van der Waals surface area contributed by atoms with Crippen LogP contribution in [0.4, 0.5) is 3.89 Å². The molecule has 1 aromatic heterocycles. The van der Waals surface area contributed by atoms with Crippen molar-refractivity contribution in [3.63, 3.8) is 0 Å². The molecular weight excluding hydrogens is 195 g/mol. The Morgan fingerprint density at radius 1 is 1.31 bits per heavy atom. The number of aromatic amines is 1. The van der Waals surface area contributed by atoms with Crippen molar-refractivity contribution in [3.05, 3.63) is 11.3 Å². The Hall–Kier alpha value is -0.910. The number of nitrogens with zero attached hydrogens (tertiary/aromatic N) is 1. The van der Waals surface area contributed by atoms with E-state index in [0.29, 0.717) is 12.0 Å². The average molecular weight is 204 g/mol. The van der Waals surface area contributed by atoms with Gasteiger partial charge in [0.05, 0.1) is 0 Å². The van der Waals surface area contributed by atoms with Crippen molar-refractivity contribution in [2.24, 2.45) is 0 Å². The average Bonchev–Trinajstić information content (AvgIpc) is 2.45. The Balaban J connectivity index is 2.55. The molecular formula is C7H9FN2O2S. The summed E-state index contributed by atoms with van der Waals surface area (Å²) in [4.78, 5) is 0. The van der Waals surface area contributed by atoms with Crippen molar-refractivity contribution >= 4 is 10.2 Å². The number of aryl methyl sites for hydroxylation is 1. The van der Waals surface area contributed by atoms with Crippen LogP contribution in [0.3, 0.4) is 0 Å². The van der Waals surface area contributed by atoms with Crippen molar-refractivity contribution in [1.29, 1.82) is 0 Å². The molecule has 0 bridgehead atoms. The van der Waals surface area contributed by atoms with E-state index in [0.717, 1.165) is 25.0 Å². The van der Waals surface area contributed by atoms with Gasteiger partial charge in [0.15, 0.2) is 0 Å². The van der Waals surface area contributed by atoms with E-state index in [9.17, 15) is 12.3 Å². The Kier molecular flexibility index (Phi) is 1.87. The first-order valence-corrected chi connectivity index (χ1v) is 5.48. The lowest BCUT2D eigenvalue weighted by Crippen LogP contribution is -2.04. The van der Waals surface area contributed by atoms with Gasteiger partial charge in [0, 0.05) is 11.3 Å². The second-order valence-electron chi connectivity index (χ2n) is 3.13. The normalized spacial score (nSPS) is 17.0. The summed E-state index contributed by atoms with van der Waals surface area (Å²) in [6, 6.07) is 0. The van der Waals surface area contributed by atoms with Crippen molar-refractivity contribution in [1.82, 2.24) is 10.2 Å². The van der Waals surface area contributed by atoms with Crippen molar-refractivity contribution in [3.8, 4) is 0 Å². The molecule has 72 valence electrons. The van der Waals surface area contributed by atoms with Crippen LogP contribution in [0.5, 0.6) is 0 Å². The fourth-order valence-electron chi connectivity index (χ4n) is 1.65. The van der Waals surface area contributed by atoms with Gasteiger partial charge in [-0.2, -0.15) is 13.5 Å². The minimum absolute atomic E-state index is 0.415. The summed E-state index contributed by atoms with van der Waals surface area (Å²) < 4.78 is 33.9. The molecule has 6 heteroatoms. The number of H-pyrrole nitrogens is 1. The third kappa shape index (κ3) is 1.46. The van der Waals surface area contributed by atoms with E-state index < -0.39 is 15.2 Å². The van der Waals surface area contributed by atoms with Crippen LogP contribution in [0.1, 0.15) is 24.1 Å². The maximum Gasteiger partial charge on any atom is 0.351 e. The molecule has 4 nitrogen and oxygen atoms in total. The quantitative estimate of drug-likeness (QED) is 0.692. The number of fused-ring (bicyclic) bond motifs is 1. The molecule has 0 saturated carbocycles. The molecule has 2 rings (SSSR count). The lowest BCUT2D eigenvalue weighted by Gasteiger charge is -2.09. The zero-order valence-corrected chi connectivity index (χ0v) is 7.69. The summed E-state index contributed by atoms with van der Waals surface area (Å²) in [5.41, 5.74) is 1.30. The van der Waals surface area contributed by atoms with Gasteiger partial charge in [-0.15, -0.1) is 0 Å². The van der Waals surface area contributed by atoms with Crippen LogP contribution in [0.15, 0.2) is 5.03 Å². The van der Waals surface area contributed by atoms with Crippen LogP contribution in [0.2, 0.25) is 0 Å². The van der Waals surface area contributed by atoms with E-state index in [1.54, 1.807) is 0 Å². The molecule has 0 unspecified atom stereocenters. The maximum absolute atomic E-state index is 12.6. The number of aromatic nitrogens is 2. The molecule has 1 heterocycles. The van der Waals surface area contributed by atoms with Crippen LogP contribution in [-0.4, -0.2) is 18.6 Å². The van der Waals surface area contributed by atoms with Crippen LogP contribution >= 0.6 is 0 Å². The summed E-state index contributed by atoms with van der Waals surface area (Å²) in [5, 5.41) is 5.63. The number of hydrogen-bond donors (Lipinski definition) is 1. The van der Waals surface area contributed by atoms with Gasteiger partial charge in [0.25, 0.3) is 0 Å². The molecule has 0 aromatic carbocycles. The van der Waals surface area contributed by atoms with E-state index in [4.69, 9.17) is 0 Å². The fourth-order valence-corrected chi connectivity index (χ4v) is 2.33. The summed E-state index contributed by atoms with van der Waals surface area (Å²) in [6.07, 6.45) is 3.26. The highest BCUT2D eigenvalue weighted by atomic mass is 32.3. The van der Waals surface area contributed by atoms with Gasteiger partial charge in [-0.05, 0) is 25.7 Å². The van der Waals surface area contributed by atoms with Gasteiger partial charge >= 0.3 is 10.2 Å². The Morgan fingerprint density at radius 2 is 2.00 bits per heavy atom. The zero-order chi connectivity index (χ0) is 9.47. The van der Waals surface area contributed by atoms with E-state index in [1.807, 2.05) is 0 Å². The third-order valence-electron chi connectivity index (χ3n) is 2.25.